The third-order valence-electron chi connectivity index (χ3n) is 17.1. The maximum atomic E-state index is 18.1. The van der Waals surface area contributed by atoms with Crippen LogP contribution in [0.3, 0.4) is 0 Å². The van der Waals surface area contributed by atoms with Gasteiger partial charge in [-0.05, 0) is 62.1 Å². The summed E-state index contributed by atoms with van der Waals surface area (Å²) in [6.45, 7) is 8.37. The summed E-state index contributed by atoms with van der Waals surface area (Å²) in [6, 6.07) is 4.57. The van der Waals surface area contributed by atoms with Gasteiger partial charge in [0.25, 0.3) is 0 Å². The van der Waals surface area contributed by atoms with Crippen molar-refractivity contribution in [2.45, 2.75) is 199 Å². The lowest BCUT2D eigenvalue weighted by Crippen LogP contribution is -2.63. The second-order valence-electron chi connectivity index (χ2n) is 23.1. The Hall–Kier alpha value is -5.86. The van der Waals surface area contributed by atoms with Crippen molar-refractivity contribution < 1.29 is 51.6 Å². The second kappa shape index (κ2) is 28.7. The van der Waals surface area contributed by atoms with E-state index in [1.54, 1.807) is 11.0 Å². The van der Waals surface area contributed by atoms with Crippen molar-refractivity contribution in [3.05, 3.63) is 41.5 Å². The number of aromatic nitrogens is 3. The van der Waals surface area contributed by atoms with E-state index in [9.17, 15) is 14.4 Å². The van der Waals surface area contributed by atoms with E-state index in [1.165, 1.54) is 95.2 Å². The molecule has 5 aliphatic rings. The lowest BCUT2D eigenvalue weighted by molar-refractivity contribution is -0.152. The zero-order chi connectivity index (χ0) is 55.8. The van der Waals surface area contributed by atoms with Gasteiger partial charge in [0, 0.05) is 55.4 Å². The van der Waals surface area contributed by atoms with Crippen LogP contribution in [0.2, 0.25) is 0 Å². The molecule has 434 valence electrons. The van der Waals surface area contributed by atoms with Crippen LogP contribution in [0.4, 0.5) is 19.4 Å². The van der Waals surface area contributed by atoms with E-state index >= 15 is 8.78 Å². The number of pyridine rings is 1. The smallest absolute Gasteiger partial charge is 0.413 e. The Morgan fingerprint density at radius 1 is 0.762 bits per heavy atom. The van der Waals surface area contributed by atoms with Crippen molar-refractivity contribution in [1.29, 1.82) is 0 Å². The molecule has 9 rings (SSSR count). The number of nitrogens with zero attached hydrogens (tertiary/aromatic N) is 6. The molecule has 3 saturated heterocycles. The number of ether oxygens (including phenoxy) is 6. The monoisotopic (exact) mass is 1110 g/mol. The molecule has 4 aromatic rings. The molecule has 17 heteroatoms. The number of hydrogen-bond donors (Lipinski definition) is 0. The van der Waals surface area contributed by atoms with Gasteiger partial charge in [0.2, 0.25) is 12.7 Å². The lowest BCUT2D eigenvalue weighted by Gasteiger charge is -2.45. The molecule has 0 N–H and O–H groups in total. The Morgan fingerprint density at radius 3 is 2.06 bits per heavy atom. The number of hydrogen-bond acceptors (Lipinski definition) is 14. The van der Waals surface area contributed by atoms with E-state index in [4.69, 9.17) is 49.8 Å². The van der Waals surface area contributed by atoms with E-state index in [0.29, 0.717) is 56.8 Å². The van der Waals surface area contributed by atoms with Crippen molar-refractivity contribution in [2.24, 2.45) is 5.41 Å². The number of morpholine rings is 1. The van der Waals surface area contributed by atoms with Crippen LogP contribution < -0.4 is 19.1 Å². The molecule has 80 heavy (non-hydrogen) atoms. The highest BCUT2D eigenvalue weighted by Gasteiger charge is 2.52. The zero-order valence-electron chi connectivity index (χ0n) is 47.5. The van der Waals surface area contributed by atoms with Crippen LogP contribution in [0.5, 0.6) is 17.6 Å². The second-order valence-corrected chi connectivity index (χ2v) is 23.1. The summed E-state index contributed by atoms with van der Waals surface area (Å²) in [5.74, 6) is 0.570. The van der Waals surface area contributed by atoms with E-state index in [2.05, 4.69) is 24.7 Å². The number of carbonyl (C=O) groups excluding carboxylic acids is 3. The first-order chi connectivity index (χ1) is 39.1. The van der Waals surface area contributed by atoms with Crippen molar-refractivity contribution >= 4 is 45.5 Å². The van der Waals surface area contributed by atoms with Crippen LogP contribution in [0.1, 0.15) is 186 Å². The molecular weight excluding hydrogens is 1020 g/mol. The largest absolute Gasteiger partial charge is 0.475 e. The first kappa shape index (κ1) is 58.8. The molecule has 15 nitrogen and oxygen atoms in total. The minimum atomic E-state index is -0.857. The van der Waals surface area contributed by atoms with Gasteiger partial charge in [-0.25, -0.2) is 18.6 Å². The van der Waals surface area contributed by atoms with Crippen LogP contribution in [0, 0.1) is 29.4 Å². The third-order valence-corrected chi connectivity index (χ3v) is 17.1. The van der Waals surface area contributed by atoms with Crippen molar-refractivity contribution in [3.8, 4) is 41.2 Å². The van der Waals surface area contributed by atoms with Crippen molar-refractivity contribution in [3.63, 3.8) is 0 Å². The number of anilines is 1. The Labute approximate surface area is 471 Å². The summed E-state index contributed by atoms with van der Waals surface area (Å²) in [5.41, 5.74) is -0.534. The molecule has 2 aromatic carbocycles. The van der Waals surface area contributed by atoms with Gasteiger partial charge in [0.1, 0.15) is 40.6 Å². The van der Waals surface area contributed by atoms with Gasteiger partial charge >= 0.3 is 24.0 Å². The van der Waals surface area contributed by atoms with Crippen molar-refractivity contribution in [2.75, 3.05) is 64.3 Å². The number of terminal acetylenes is 1. The SMILES string of the molecule is C#Cc1c(F)ccc2cc(OC(=O)CCCCCCCCCCCCCCC)cc(-c3nc4c5c(nc(OCC6(CN7CCOCC7)CC6)nc5c3F)N3C[C@H]5CC[C@@H]([C@H]3CO4)N5C(=O)OCOC(=O)CCCCCCCCC)c12. The van der Waals surface area contributed by atoms with Crippen LogP contribution in [-0.2, 0) is 23.8 Å². The maximum absolute atomic E-state index is 18.1. The summed E-state index contributed by atoms with van der Waals surface area (Å²) in [6.07, 6.45) is 31.8. The van der Waals surface area contributed by atoms with Gasteiger partial charge in [-0.1, -0.05) is 141 Å². The summed E-state index contributed by atoms with van der Waals surface area (Å²) in [4.78, 5) is 60.8. The molecule has 4 fully saturated rings. The Morgan fingerprint density at radius 2 is 1.41 bits per heavy atom. The van der Waals surface area contributed by atoms with Crippen LogP contribution in [0.15, 0.2) is 24.3 Å². The average molecular weight is 1110 g/mol. The molecule has 0 radical (unpaired) electrons. The fourth-order valence-electron chi connectivity index (χ4n) is 12.4. The van der Waals surface area contributed by atoms with Crippen LogP contribution >= 0.6 is 0 Å². The normalized spacial score (nSPS) is 19.1. The van der Waals surface area contributed by atoms with E-state index in [0.717, 1.165) is 77.4 Å². The number of esters is 2. The van der Waals surface area contributed by atoms with Crippen LogP contribution in [-0.4, -0.2) is 120 Å². The van der Waals surface area contributed by atoms with Crippen LogP contribution in [0.25, 0.3) is 32.9 Å². The molecule has 0 unspecified atom stereocenters. The van der Waals surface area contributed by atoms with Gasteiger partial charge in [-0.3, -0.25) is 19.4 Å². The van der Waals surface area contributed by atoms with E-state index in [1.807, 2.05) is 4.90 Å². The van der Waals surface area contributed by atoms with Gasteiger partial charge in [0.15, 0.2) is 5.82 Å². The highest BCUT2D eigenvalue weighted by atomic mass is 19.1. The Balaban J connectivity index is 0.950. The molecule has 2 bridgehead atoms. The number of fused-ring (bicyclic) bond motifs is 6. The average Bonchev–Trinajstić information content (AvgIpc) is 4.24. The molecule has 2 aromatic heterocycles. The molecule has 6 heterocycles. The number of unbranched alkanes of at least 4 members (excludes halogenated alkanes) is 18. The van der Waals surface area contributed by atoms with Gasteiger partial charge in [-0.15, -0.1) is 6.42 Å². The van der Waals surface area contributed by atoms with E-state index in [-0.39, 0.29) is 81.7 Å². The minimum absolute atomic E-state index is 0.0127. The topological polar surface area (TPSA) is 155 Å². The molecular formula is C63H84F2N6O9. The number of piperazine rings is 1. The Bertz CT molecular complexity index is 2800. The number of carbonyl (C=O) groups is 3. The van der Waals surface area contributed by atoms with Gasteiger partial charge < -0.3 is 33.3 Å². The fraction of sp³-hybridized carbons (Fsp3) is 0.651. The third kappa shape index (κ3) is 14.8. The first-order valence-corrected chi connectivity index (χ1v) is 30.4. The number of benzene rings is 2. The molecule has 1 amide bonds. The predicted molar refractivity (Wildman–Crippen MR) is 304 cm³/mol. The molecule has 4 aliphatic heterocycles. The highest BCUT2D eigenvalue weighted by Crippen LogP contribution is 2.49. The number of halogens is 2. The first-order valence-electron chi connectivity index (χ1n) is 30.4. The Kier molecular flexibility index (Phi) is 21.1. The van der Waals surface area contributed by atoms with Crippen molar-refractivity contribution in [1.82, 2.24) is 24.8 Å². The number of rotatable bonds is 31. The summed E-state index contributed by atoms with van der Waals surface area (Å²) in [5, 5.41) is 0.832. The standard InChI is InChI=1S/C63H84F2N6O9/c1-4-7-9-11-13-14-15-16-17-18-20-22-24-26-53(73)80-46-37-44-27-29-49(64)47(6-3)54(44)48(38-46)57-56(65)58-55-59(68-61(67-58)77-42-63(31-32-63)41-69-33-35-75-36-34-69)70-39-45-28-30-50(51(70)40-76-60(55)66-57)71(45)62(74)79-43-78-52(72)25-23-21-19-12-10-8-5-2/h3,27,29,37-38,45,50-51H,4-5,7-26,28,30-36,39-43H2,1-2H3/t45-,50+,51-/m1/s1. The maximum Gasteiger partial charge on any atom is 0.413 e. The zero-order valence-corrected chi connectivity index (χ0v) is 47.5. The fourth-order valence-corrected chi connectivity index (χ4v) is 12.4. The highest BCUT2D eigenvalue weighted by molar-refractivity contribution is 6.04. The summed E-state index contributed by atoms with van der Waals surface area (Å²) >= 11 is 0. The molecule has 1 aliphatic carbocycles. The van der Waals surface area contributed by atoms with Gasteiger partial charge in [-0.2, -0.15) is 9.97 Å². The molecule has 1 saturated carbocycles. The summed E-state index contributed by atoms with van der Waals surface area (Å²) in [7, 11) is 0. The minimum Gasteiger partial charge on any atom is -0.475 e. The lowest BCUT2D eigenvalue weighted by atomic mass is 9.95. The van der Waals surface area contributed by atoms with E-state index < -0.39 is 48.5 Å². The summed E-state index contributed by atoms with van der Waals surface area (Å²) < 4.78 is 69.5. The number of amides is 1. The van der Waals surface area contributed by atoms with Gasteiger partial charge in [0.05, 0.1) is 43.5 Å². The molecule has 0 spiro atoms. The quantitative estimate of drug-likeness (QED) is 0.0154. The molecule has 3 atom stereocenters. The predicted octanol–water partition coefficient (Wildman–Crippen LogP) is 13.2.